The highest BCUT2D eigenvalue weighted by Crippen LogP contribution is 2.37. The zero-order valence-corrected chi connectivity index (χ0v) is 25.0. The van der Waals surface area contributed by atoms with Crippen LogP contribution in [0.1, 0.15) is 56.7 Å². The lowest BCUT2D eigenvalue weighted by molar-refractivity contribution is 0.206. The molecule has 0 unspecified atom stereocenters. The lowest BCUT2D eigenvalue weighted by atomic mass is 9.96. The Kier molecular flexibility index (Phi) is 8.75. The van der Waals surface area contributed by atoms with E-state index < -0.39 is 0 Å². The number of rotatable bonds is 9. The number of aromatic nitrogens is 2. The summed E-state index contributed by atoms with van der Waals surface area (Å²) in [5.41, 5.74) is 3.86. The van der Waals surface area contributed by atoms with Crippen LogP contribution in [0.25, 0.3) is 22.3 Å². The Morgan fingerprint density at radius 2 is 1.77 bits per heavy atom. The maximum atomic E-state index is 13.7. The lowest BCUT2D eigenvalue weighted by Crippen LogP contribution is -2.21. The molecular weight excluding hydrogens is 558 g/mol. The standard InChI is InChI=1S/C31H34BrN3O4/c1-8-20(5)39-29-25(32)14-21(15-28(29)38-7)17-33-35-30(34-26-12-10-9-11-22(26)31(35)36)24-16-23(18(2)3)27(37-6)13-19(24)4/h9-18,20H,8H2,1-7H3/t20-/m1/s1. The first-order valence-electron chi connectivity index (χ1n) is 13.0. The summed E-state index contributed by atoms with van der Waals surface area (Å²) >= 11 is 3.61. The normalized spacial score (nSPS) is 12.3. The van der Waals surface area contributed by atoms with Gasteiger partial charge in [-0.25, -0.2) is 4.98 Å². The monoisotopic (exact) mass is 591 g/mol. The Morgan fingerprint density at radius 3 is 2.44 bits per heavy atom. The van der Waals surface area contributed by atoms with Gasteiger partial charge in [0.15, 0.2) is 17.3 Å². The Balaban J connectivity index is 1.91. The molecule has 0 radical (unpaired) electrons. The van der Waals surface area contributed by atoms with Crippen molar-refractivity contribution < 1.29 is 14.2 Å². The number of hydrogen-bond donors (Lipinski definition) is 0. The molecular formula is C31H34BrN3O4. The predicted octanol–water partition coefficient (Wildman–Crippen LogP) is 7.33. The Labute approximate surface area is 237 Å². The van der Waals surface area contributed by atoms with Crippen molar-refractivity contribution in [2.24, 2.45) is 5.10 Å². The van der Waals surface area contributed by atoms with Crippen molar-refractivity contribution in [1.29, 1.82) is 0 Å². The van der Waals surface area contributed by atoms with Gasteiger partial charge in [0.1, 0.15) is 5.75 Å². The van der Waals surface area contributed by atoms with Gasteiger partial charge in [0.05, 0.1) is 41.9 Å². The molecule has 0 amide bonds. The first-order chi connectivity index (χ1) is 18.7. The fourth-order valence-electron chi connectivity index (χ4n) is 4.31. The molecule has 1 atom stereocenters. The van der Waals surface area contributed by atoms with Crippen molar-refractivity contribution in [1.82, 2.24) is 9.66 Å². The molecule has 4 rings (SSSR count). The maximum absolute atomic E-state index is 13.7. The Morgan fingerprint density at radius 1 is 1.05 bits per heavy atom. The molecule has 0 aliphatic carbocycles. The minimum atomic E-state index is -0.254. The van der Waals surface area contributed by atoms with E-state index in [1.54, 1.807) is 26.5 Å². The van der Waals surface area contributed by atoms with Crippen molar-refractivity contribution >= 4 is 33.0 Å². The van der Waals surface area contributed by atoms with Gasteiger partial charge in [-0.3, -0.25) is 4.79 Å². The molecule has 3 aromatic carbocycles. The number of aryl methyl sites for hydroxylation is 1. The van der Waals surface area contributed by atoms with Gasteiger partial charge in [0.2, 0.25) is 0 Å². The average molecular weight is 593 g/mol. The summed E-state index contributed by atoms with van der Waals surface area (Å²) in [6, 6.07) is 15.1. The quantitative estimate of drug-likeness (QED) is 0.190. The van der Waals surface area contributed by atoms with Gasteiger partial charge < -0.3 is 14.2 Å². The predicted molar refractivity (Wildman–Crippen MR) is 161 cm³/mol. The minimum Gasteiger partial charge on any atom is -0.496 e. The number of halogens is 1. The molecule has 1 heterocycles. The zero-order chi connectivity index (χ0) is 28.3. The summed E-state index contributed by atoms with van der Waals surface area (Å²) in [6.07, 6.45) is 2.52. The van der Waals surface area contributed by atoms with Crippen LogP contribution in [0.15, 0.2) is 62.9 Å². The van der Waals surface area contributed by atoms with Gasteiger partial charge in [-0.05, 0) is 95.2 Å². The molecule has 204 valence electrons. The number of methoxy groups -OCH3 is 2. The third-order valence-electron chi connectivity index (χ3n) is 6.66. The molecule has 0 bridgehead atoms. The molecule has 0 aliphatic rings. The SMILES string of the molecule is CC[C@@H](C)Oc1c(Br)cc(C=Nn2c(-c3cc(C(C)C)c(OC)cc3C)nc3ccccc3c2=O)cc1OC. The molecule has 0 saturated heterocycles. The van der Waals surface area contributed by atoms with Crippen molar-refractivity contribution in [2.45, 2.75) is 53.1 Å². The Bertz CT molecular complexity index is 1590. The van der Waals surface area contributed by atoms with Crippen LogP contribution in [0.2, 0.25) is 0 Å². The molecule has 7 nitrogen and oxygen atoms in total. The highest BCUT2D eigenvalue weighted by Gasteiger charge is 2.19. The molecule has 0 aliphatic heterocycles. The van der Waals surface area contributed by atoms with Crippen molar-refractivity contribution in [3.63, 3.8) is 0 Å². The van der Waals surface area contributed by atoms with Crippen molar-refractivity contribution in [3.8, 4) is 28.6 Å². The number of fused-ring (bicyclic) bond motifs is 1. The highest BCUT2D eigenvalue weighted by atomic mass is 79.9. The second kappa shape index (κ2) is 12.0. The molecule has 1 aromatic heterocycles. The van der Waals surface area contributed by atoms with Gasteiger partial charge in [0.25, 0.3) is 5.56 Å². The van der Waals surface area contributed by atoms with Crippen LogP contribution < -0.4 is 19.8 Å². The number of nitrogens with zero attached hydrogens (tertiary/aromatic N) is 3. The van der Waals surface area contributed by atoms with Crippen molar-refractivity contribution in [2.75, 3.05) is 14.2 Å². The van der Waals surface area contributed by atoms with E-state index in [2.05, 4.69) is 41.8 Å². The van der Waals surface area contributed by atoms with E-state index >= 15 is 0 Å². The van der Waals surface area contributed by atoms with Gasteiger partial charge in [0, 0.05) is 5.56 Å². The second-order valence-corrected chi connectivity index (χ2v) is 10.6. The van der Waals surface area contributed by atoms with Crippen LogP contribution >= 0.6 is 15.9 Å². The van der Waals surface area contributed by atoms with Crippen LogP contribution in [0.5, 0.6) is 17.2 Å². The smallest absolute Gasteiger partial charge is 0.282 e. The molecule has 4 aromatic rings. The third kappa shape index (κ3) is 5.86. The van der Waals surface area contributed by atoms with Crippen LogP contribution in [0, 0.1) is 6.92 Å². The van der Waals surface area contributed by atoms with Crippen LogP contribution in [0.4, 0.5) is 0 Å². The summed E-state index contributed by atoms with van der Waals surface area (Å²) in [6.45, 7) is 10.3. The van der Waals surface area contributed by atoms with Gasteiger partial charge >= 0.3 is 0 Å². The van der Waals surface area contributed by atoms with E-state index in [0.29, 0.717) is 28.2 Å². The molecule has 8 heteroatoms. The summed E-state index contributed by atoms with van der Waals surface area (Å²) in [5, 5.41) is 5.14. The summed E-state index contributed by atoms with van der Waals surface area (Å²) < 4.78 is 19.4. The molecule has 0 N–H and O–H groups in total. The fraction of sp³-hybridized carbons (Fsp3) is 0.323. The first-order valence-corrected chi connectivity index (χ1v) is 13.8. The largest absolute Gasteiger partial charge is 0.496 e. The maximum Gasteiger partial charge on any atom is 0.282 e. The summed E-state index contributed by atoms with van der Waals surface area (Å²) in [5.74, 6) is 2.68. The molecule has 39 heavy (non-hydrogen) atoms. The van der Waals surface area contributed by atoms with Gasteiger partial charge in [-0.15, -0.1) is 0 Å². The number of para-hydroxylation sites is 1. The van der Waals surface area contributed by atoms with Crippen LogP contribution in [0.3, 0.4) is 0 Å². The van der Waals surface area contributed by atoms with Crippen LogP contribution in [-0.2, 0) is 0 Å². The topological polar surface area (TPSA) is 74.9 Å². The second-order valence-electron chi connectivity index (χ2n) is 9.75. The molecule has 0 saturated carbocycles. The van der Waals surface area contributed by atoms with Gasteiger partial charge in [-0.2, -0.15) is 9.78 Å². The van der Waals surface area contributed by atoms with E-state index in [0.717, 1.165) is 38.9 Å². The fourth-order valence-corrected chi connectivity index (χ4v) is 4.86. The molecule has 0 fully saturated rings. The summed E-state index contributed by atoms with van der Waals surface area (Å²) in [7, 11) is 3.27. The van der Waals surface area contributed by atoms with E-state index in [1.165, 1.54) is 4.68 Å². The van der Waals surface area contributed by atoms with E-state index in [-0.39, 0.29) is 17.6 Å². The minimum absolute atomic E-state index is 0.0305. The Hall–Kier alpha value is -3.65. The van der Waals surface area contributed by atoms with E-state index in [9.17, 15) is 4.79 Å². The van der Waals surface area contributed by atoms with Crippen LogP contribution in [-0.4, -0.2) is 36.2 Å². The average Bonchev–Trinajstić information content (AvgIpc) is 2.93. The van der Waals surface area contributed by atoms with E-state index in [4.69, 9.17) is 19.2 Å². The van der Waals surface area contributed by atoms with Gasteiger partial charge in [-0.1, -0.05) is 32.9 Å². The number of ether oxygens (including phenoxy) is 3. The number of hydrogen-bond acceptors (Lipinski definition) is 6. The number of benzene rings is 3. The zero-order valence-electron chi connectivity index (χ0n) is 23.4. The van der Waals surface area contributed by atoms with Crippen molar-refractivity contribution in [3.05, 3.63) is 80.0 Å². The lowest BCUT2D eigenvalue weighted by Gasteiger charge is -2.18. The third-order valence-corrected chi connectivity index (χ3v) is 7.25. The van der Waals surface area contributed by atoms with E-state index in [1.807, 2.05) is 56.3 Å². The molecule has 0 spiro atoms. The highest BCUT2D eigenvalue weighted by molar-refractivity contribution is 9.10. The summed E-state index contributed by atoms with van der Waals surface area (Å²) in [4.78, 5) is 18.6. The first kappa shape index (κ1) is 28.4.